The lowest BCUT2D eigenvalue weighted by atomic mass is 10.1. The van der Waals surface area contributed by atoms with Gasteiger partial charge >= 0.3 is 5.97 Å². The third-order valence-electron chi connectivity index (χ3n) is 3.69. The second-order valence-corrected chi connectivity index (χ2v) is 5.43. The molecule has 5 heteroatoms. The zero-order chi connectivity index (χ0) is 17.6. The van der Waals surface area contributed by atoms with Crippen LogP contribution in [0.4, 0.5) is 4.39 Å². The molecule has 0 aliphatic carbocycles. The molecular weight excluding hydrogens is 323 g/mol. The van der Waals surface area contributed by atoms with Crippen LogP contribution in [0.3, 0.4) is 0 Å². The molecule has 0 spiro atoms. The highest BCUT2D eigenvalue weighted by atomic mass is 19.1. The van der Waals surface area contributed by atoms with Gasteiger partial charge in [0.2, 0.25) is 0 Å². The highest BCUT2D eigenvalue weighted by Crippen LogP contribution is 2.22. The lowest BCUT2D eigenvalue weighted by molar-refractivity contribution is -0.147. The molecule has 0 saturated heterocycles. The van der Waals surface area contributed by atoms with E-state index in [0.717, 1.165) is 22.1 Å². The van der Waals surface area contributed by atoms with E-state index >= 15 is 0 Å². The summed E-state index contributed by atoms with van der Waals surface area (Å²) in [4.78, 5) is 11.8. The molecule has 0 fully saturated rings. The second-order valence-electron chi connectivity index (χ2n) is 5.43. The fourth-order valence-electron chi connectivity index (χ4n) is 2.39. The van der Waals surface area contributed by atoms with Crippen molar-refractivity contribution in [3.05, 3.63) is 72.0 Å². The summed E-state index contributed by atoms with van der Waals surface area (Å²) in [5.41, 5.74) is 0.858. The Balaban J connectivity index is 1.56. The standard InChI is InChI=1S/C20H17FO4/c1-23-17-9-8-15-10-14(6-7-16(15)11-17)12-25-20(22)13-24-19-5-3-2-4-18(19)21/h2-11H,12-13H2,1H3. The Labute approximate surface area is 144 Å². The van der Waals surface area contributed by atoms with Crippen molar-refractivity contribution in [2.75, 3.05) is 13.7 Å². The number of esters is 1. The topological polar surface area (TPSA) is 44.8 Å². The monoisotopic (exact) mass is 340 g/mol. The van der Waals surface area contributed by atoms with Crippen LogP contribution >= 0.6 is 0 Å². The molecule has 3 aromatic rings. The number of benzene rings is 3. The van der Waals surface area contributed by atoms with Crippen molar-refractivity contribution in [2.24, 2.45) is 0 Å². The first kappa shape index (κ1) is 16.8. The maximum atomic E-state index is 13.4. The van der Waals surface area contributed by atoms with E-state index in [2.05, 4.69) is 0 Å². The van der Waals surface area contributed by atoms with Gasteiger partial charge < -0.3 is 14.2 Å². The van der Waals surface area contributed by atoms with Gasteiger partial charge in [0, 0.05) is 0 Å². The zero-order valence-corrected chi connectivity index (χ0v) is 13.7. The van der Waals surface area contributed by atoms with Crippen molar-refractivity contribution in [3.8, 4) is 11.5 Å². The lowest BCUT2D eigenvalue weighted by Crippen LogP contribution is -2.15. The average Bonchev–Trinajstić information content (AvgIpc) is 2.65. The Morgan fingerprint density at radius 1 is 1.00 bits per heavy atom. The normalized spacial score (nSPS) is 10.5. The molecule has 0 saturated carbocycles. The van der Waals surface area contributed by atoms with Gasteiger partial charge in [-0.3, -0.25) is 0 Å². The van der Waals surface area contributed by atoms with Gasteiger partial charge in [0.25, 0.3) is 0 Å². The molecular formula is C20H17FO4. The molecule has 3 aromatic carbocycles. The van der Waals surface area contributed by atoms with Crippen LogP contribution in [0.25, 0.3) is 10.8 Å². The quantitative estimate of drug-likeness (QED) is 0.634. The van der Waals surface area contributed by atoms with Gasteiger partial charge in [-0.15, -0.1) is 0 Å². The van der Waals surface area contributed by atoms with Gasteiger partial charge in [0.05, 0.1) is 7.11 Å². The minimum Gasteiger partial charge on any atom is -0.497 e. The number of para-hydroxylation sites is 1. The summed E-state index contributed by atoms with van der Waals surface area (Å²) in [6, 6.07) is 17.4. The Hall–Kier alpha value is -3.08. The number of hydrogen-bond donors (Lipinski definition) is 0. The summed E-state index contributed by atoms with van der Waals surface area (Å²) >= 11 is 0. The zero-order valence-electron chi connectivity index (χ0n) is 13.7. The predicted molar refractivity (Wildman–Crippen MR) is 92.2 cm³/mol. The summed E-state index contributed by atoms with van der Waals surface area (Å²) in [6.45, 7) is -0.215. The van der Waals surface area contributed by atoms with E-state index in [1.807, 2.05) is 36.4 Å². The fraction of sp³-hybridized carbons (Fsp3) is 0.150. The highest BCUT2D eigenvalue weighted by Gasteiger charge is 2.08. The first-order valence-corrected chi connectivity index (χ1v) is 7.75. The molecule has 4 nitrogen and oxygen atoms in total. The molecule has 0 N–H and O–H groups in total. The van der Waals surface area contributed by atoms with Crippen molar-refractivity contribution in [2.45, 2.75) is 6.61 Å². The summed E-state index contributed by atoms with van der Waals surface area (Å²) < 4.78 is 28.9. The maximum Gasteiger partial charge on any atom is 0.344 e. The molecule has 0 radical (unpaired) electrons. The molecule has 0 heterocycles. The number of methoxy groups -OCH3 is 1. The van der Waals surface area contributed by atoms with Crippen LogP contribution < -0.4 is 9.47 Å². The van der Waals surface area contributed by atoms with Gasteiger partial charge in [0.15, 0.2) is 18.2 Å². The van der Waals surface area contributed by atoms with E-state index in [1.54, 1.807) is 19.2 Å². The van der Waals surface area contributed by atoms with E-state index in [9.17, 15) is 9.18 Å². The van der Waals surface area contributed by atoms with Crippen molar-refractivity contribution >= 4 is 16.7 Å². The predicted octanol–water partition coefficient (Wildman–Crippen LogP) is 4.11. The SMILES string of the molecule is COc1ccc2cc(COC(=O)COc3ccccc3F)ccc2c1. The molecule has 0 amide bonds. The van der Waals surface area contributed by atoms with Crippen molar-refractivity contribution < 1.29 is 23.4 Å². The van der Waals surface area contributed by atoms with Crippen LogP contribution in [0.2, 0.25) is 0 Å². The van der Waals surface area contributed by atoms with Crippen molar-refractivity contribution in [1.82, 2.24) is 0 Å². The summed E-state index contributed by atoms with van der Waals surface area (Å²) in [7, 11) is 1.62. The van der Waals surface area contributed by atoms with Crippen molar-refractivity contribution in [1.29, 1.82) is 0 Å². The first-order chi connectivity index (χ1) is 12.2. The minimum absolute atomic E-state index is 0.0269. The number of halogens is 1. The van der Waals surface area contributed by atoms with Gasteiger partial charge in [-0.25, -0.2) is 9.18 Å². The van der Waals surface area contributed by atoms with Gasteiger partial charge in [0.1, 0.15) is 12.4 Å². The molecule has 0 aliphatic rings. The van der Waals surface area contributed by atoms with E-state index in [1.165, 1.54) is 12.1 Å². The third kappa shape index (κ3) is 4.26. The van der Waals surface area contributed by atoms with Gasteiger partial charge in [-0.05, 0) is 46.7 Å². The summed E-state index contributed by atoms with van der Waals surface area (Å²) in [6.07, 6.45) is 0. The Morgan fingerprint density at radius 3 is 2.56 bits per heavy atom. The number of fused-ring (bicyclic) bond motifs is 1. The van der Waals surface area contributed by atoms with Crippen LogP contribution in [-0.2, 0) is 16.1 Å². The number of hydrogen-bond acceptors (Lipinski definition) is 4. The van der Waals surface area contributed by atoms with Crippen LogP contribution in [0.5, 0.6) is 11.5 Å². The first-order valence-electron chi connectivity index (χ1n) is 7.75. The van der Waals surface area contributed by atoms with Crippen LogP contribution in [0.1, 0.15) is 5.56 Å². The molecule has 0 aliphatic heterocycles. The molecule has 0 aromatic heterocycles. The molecule has 25 heavy (non-hydrogen) atoms. The Bertz CT molecular complexity index is 892. The fourth-order valence-corrected chi connectivity index (χ4v) is 2.39. The largest absolute Gasteiger partial charge is 0.497 e. The van der Waals surface area contributed by atoms with Crippen LogP contribution in [0, 0.1) is 5.82 Å². The minimum atomic E-state index is -0.557. The number of ether oxygens (including phenoxy) is 3. The van der Waals surface area contributed by atoms with E-state index < -0.39 is 11.8 Å². The molecule has 0 unspecified atom stereocenters. The van der Waals surface area contributed by atoms with E-state index in [0.29, 0.717) is 0 Å². The van der Waals surface area contributed by atoms with Gasteiger partial charge in [-0.2, -0.15) is 0 Å². The van der Waals surface area contributed by atoms with Crippen molar-refractivity contribution in [3.63, 3.8) is 0 Å². The Morgan fingerprint density at radius 2 is 1.76 bits per heavy atom. The Kier molecular flexibility index (Phi) is 5.14. The van der Waals surface area contributed by atoms with Crippen LogP contribution in [0.15, 0.2) is 60.7 Å². The lowest BCUT2D eigenvalue weighted by Gasteiger charge is -2.09. The number of rotatable bonds is 6. The highest BCUT2D eigenvalue weighted by molar-refractivity contribution is 5.84. The summed E-state index contributed by atoms with van der Waals surface area (Å²) in [5, 5.41) is 2.06. The van der Waals surface area contributed by atoms with E-state index in [-0.39, 0.29) is 19.0 Å². The van der Waals surface area contributed by atoms with E-state index in [4.69, 9.17) is 14.2 Å². The van der Waals surface area contributed by atoms with Gasteiger partial charge in [-0.1, -0.05) is 30.3 Å². The maximum absolute atomic E-state index is 13.4. The molecule has 3 rings (SSSR count). The summed E-state index contributed by atoms with van der Waals surface area (Å²) in [5.74, 6) is -0.255. The molecule has 128 valence electrons. The second kappa shape index (κ2) is 7.66. The van der Waals surface area contributed by atoms with Crippen LogP contribution in [-0.4, -0.2) is 19.7 Å². The smallest absolute Gasteiger partial charge is 0.344 e. The third-order valence-corrected chi connectivity index (χ3v) is 3.69. The number of carbonyl (C=O) groups excluding carboxylic acids is 1. The number of carbonyl (C=O) groups is 1. The molecule has 0 atom stereocenters. The average molecular weight is 340 g/mol. The molecule has 0 bridgehead atoms.